The number of carbonyl (C=O) groups excluding carboxylic acids is 2. The molecule has 162 valence electrons. The van der Waals surface area contributed by atoms with Crippen LogP contribution in [0.3, 0.4) is 0 Å². The smallest absolute Gasteiger partial charge is 0.243 e. The van der Waals surface area contributed by atoms with Crippen LogP contribution in [-0.4, -0.2) is 45.5 Å². The van der Waals surface area contributed by atoms with Gasteiger partial charge in [0.15, 0.2) is 0 Å². The van der Waals surface area contributed by atoms with Gasteiger partial charge in [0, 0.05) is 23.0 Å². The van der Waals surface area contributed by atoms with Gasteiger partial charge in [0.05, 0.1) is 11.8 Å². The SMILES string of the molecule is CCc1ccccc1NC(=O)CN(C)C(=O)C(C)Sc1ncnc2sc3c(c12)CCC3. The fourth-order valence-electron chi connectivity index (χ4n) is 3.95. The number of thiophene rings is 1. The van der Waals surface area contributed by atoms with E-state index in [0.29, 0.717) is 0 Å². The van der Waals surface area contributed by atoms with Gasteiger partial charge >= 0.3 is 0 Å². The summed E-state index contributed by atoms with van der Waals surface area (Å²) in [6, 6.07) is 7.73. The van der Waals surface area contributed by atoms with Crippen molar-refractivity contribution in [3.05, 3.63) is 46.6 Å². The molecule has 2 amide bonds. The first-order valence-electron chi connectivity index (χ1n) is 10.5. The molecule has 2 aromatic heterocycles. The van der Waals surface area contributed by atoms with Crippen molar-refractivity contribution in [2.75, 3.05) is 18.9 Å². The first kappa shape index (κ1) is 21.8. The zero-order chi connectivity index (χ0) is 22.0. The topological polar surface area (TPSA) is 75.2 Å². The fourth-order valence-corrected chi connectivity index (χ4v) is 6.31. The van der Waals surface area contributed by atoms with Crippen LogP contribution in [-0.2, 0) is 28.9 Å². The van der Waals surface area contributed by atoms with Crippen molar-refractivity contribution >= 4 is 50.8 Å². The first-order chi connectivity index (χ1) is 15.0. The molecule has 1 unspecified atom stereocenters. The Labute approximate surface area is 190 Å². The Balaban J connectivity index is 1.41. The van der Waals surface area contributed by atoms with E-state index in [1.807, 2.05) is 38.1 Å². The van der Waals surface area contributed by atoms with Gasteiger partial charge < -0.3 is 10.2 Å². The van der Waals surface area contributed by atoms with Gasteiger partial charge in [-0.3, -0.25) is 9.59 Å². The molecule has 1 N–H and O–H groups in total. The summed E-state index contributed by atoms with van der Waals surface area (Å²) in [6.45, 7) is 3.93. The van der Waals surface area contributed by atoms with E-state index in [9.17, 15) is 9.59 Å². The second-order valence-corrected chi connectivity index (χ2v) is 10.1. The van der Waals surface area contributed by atoms with Gasteiger partial charge in [-0.25, -0.2) is 9.97 Å². The minimum atomic E-state index is -0.351. The second-order valence-electron chi connectivity index (χ2n) is 7.73. The van der Waals surface area contributed by atoms with Crippen molar-refractivity contribution in [1.82, 2.24) is 14.9 Å². The summed E-state index contributed by atoms with van der Waals surface area (Å²) in [5.41, 5.74) is 3.22. The van der Waals surface area contributed by atoms with Gasteiger partial charge in [0.1, 0.15) is 16.2 Å². The minimum absolute atomic E-state index is 0.00875. The molecule has 1 aromatic carbocycles. The Kier molecular flexibility index (Phi) is 6.57. The van der Waals surface area contributed by atoms with Gasteiger partial charge in [-0.15, -0.1) is 11.3 Å². The Morgan fingerprint density at radius 1 is 1.26 bits per heavy atom. The maximum Gasteiger partial charge on any atom is 0.243 e. The van der Waals surface area contributed by atoms with Crippen molar-refractivity contribution in [3.63, 3.8) is 0 Å². The van der Waals surface area contributed by atoms with Crippen LogP contribution >= 0.6 is 23.1 Å². The zero-order valence-electron chi connectivity index (χ0n) is 18.0. The van der Waals surface area contributed by atoms with Crippen molar-refractivity contribution in [2.45, 2.75) is 49.8 Å². The van der Waals surface area contributed by atoms with E-state index in [0.717, 1.165) is 45.8 Å². The fraction of sp³-hybridized carbons (Fsp3) is 0.391. The molecule has 4 rings (SSSR count). The van der Waals surface area contributed by atoms with E-state index in [4.69, 9.17) is 0 Å². The lowest BCUT2D eigenvalue weighted by atomic mass is 10.1. The molecule has 0 saturated carbocycles. The number of para-hydroxylation sites is 1. The number of hydrogen-bond acceptors (Lipinski definition) is 6. The van der Waals surface area contributed by atoms with Crippen LogP contribution in [0.5, 0.6) is 0 Å². The minimum Gasteiger partial charge on any atom is -0.335 e. The third-order valence-electron chi connectivity index (χ3n) is 5.53. The number of anilines is 1. The summed E-state index contributed by atoms with van der Waals surface area (Å²) in [5.74, 6) is -0.295. The number of aryl methyl sites for hydroxylation is 3. The number of rotatable bonds is 7. The summed E-state index contributed by atoms with van der Waals surface area (Å²) < 4.78 is 0. The molecule has 1 aliphatic carbocycles. The molecule has 8 heteroatoms. The summed E-state index contributed by atoms with van der Waals surface area (Å²) in [6.07, 6.45) is 5.74. The molecule has 6 nitrogen and oxygen atoms in total. The predicted molar refractivity (Wildman–Crippen MR) is 127 cm³/mol. The number of carbonyl (C=O) groups is 2. The van der Waals surface area contributed by atoms with Crippen LogP contribution in [0.2, 0.25) is 0 Å². The lowest BCUT2D eigenvalue weighted by Crippen LogP contribution is -2.39. The number of hydrogen-bond donors (Lipinski definition) is 1. The number of benzene rings is 1. The van der Waals surface area contributed by atoms with Gasteiger partial charge in [0.2, 0.25) is 11.8 Å². The average molecular weight is 455 g/mol. The third kappa shape index (κ3) is 4.60. The highest BCUT2D eigenvalue weighted by molar-refractivity contribution is 8.00. The van der Waals surface area contributed by atoms with Gasteiger partial charge in [-0.05, 0) is 49.8 Å². The van der Waals surface area contributed by atoms with Gasteiger partial charge in [-0.1, -0.05) is 36.9 Å². The number of thioether (sulfide) groups is 1. The summed E-state index contributed by atoms with van der Waals surface area (Å²) in [7, 11) is 1.67. The van der Waals surface area contributed by atoms with Crippen LogP contribution in [0.25, 0.3) is 10.2 Å². The van der Waals surface area contributed by atoms with Gasteiger partial charge in [-0.2, -0.15) is 0 Å². The largest absolute Gasteiger partial charge is 0.335 e. The highest BCUT2D eigenvalue weighted by Crippen LogP contribution is 2.40. The number of nitrogens with zero attached hydrogens (tertiary/aromatic N) is 3. The maximum absolute atomic E-state index is 13.0. The molecule has 31 heavy (non-hydrogen) atoms. The molecular weight excluding hydrogens is 428 g/mol. The number of nitrogens with one attached hydrogen (secondary N) is 1. The summed E-state index contributed by atoms with van der Waals surface area (Å²) >= 11 is 3.19. The first-order valence-corrected chi connectivity index (χ1v) is 12.2. The molecular formula is C23H26N4O2S2. The van der Waals surface area contributed by atoms with E-state index in [-0.39, 0.29) is 23.6 Å². The molecule has 0 spiro atoms. The monoisotopic (exact) mass is 454 g/mol. The Hall–Kier alpha value is -2.45. The predicted octanol–water partition coefficient (Wildman–Crippen LogP) is 4.32. The molecule has 1 atom stereocenters. The van der Waals surface area contributed by atoms with E-state index >= 15 is 0 Å². The van der Waals surface area contributed by atoms with Crippen molar-refractivity contribution in [3.8, 4) is 0 Å². The Bertz CT molecular complexity index is 1130. The van der Waals surface area contributed by atoms with E-state index < -0.39 is 0 Å². The molecule has 1 aliphatic rings. The van der Waals surface area contributed by atoms with E-state index in [2.05, 4.69) is 15.3 Å². The Morgan fingerprint density at radius 3 is 2.87 bits per heavy atom. The summed E-state index contributed by atoms with van der Waals surface area (Å²) in [5, 5.41) is 4.55. The molecule has 0 radical (unpaired) electrons. The molecule has 0 aliphatic heterocycles. The van der Waals surface area contributed by atoms with Gasteiger partial charge in [0.25, 0.3) is 0 Å². The third-order valence-corrected chi connectivity index (χ3v) is 7.82. The van der Waals surface area contributed by atoms with Crippen LogP contribution in [0.15, 0.2) is 35.6 Å². The van der Waals surface area contributed by atoms with Crippen LogP contribution in [0.4, 0.5) is 5.69 Å². The molecule has 0 saturated heterocycles. The second kappa shape index (κ2) is 9.36. The quantitative estimate of drug-likeness (QED) is 0.425. The number of likely N-dealkylation sites (N-methyl/N-ethyl adjacent to an activating group) is 1. The normalized spacial score (nSPS) is 13.8. The number of fused-ring (bicyclic) bond motifs is 3. The van der Waals surface area contributed by atoms with Crippen molar-refractivity contribution in [1.29, 1.82) is 0 Å². The lowest BCUT2D eigenvalue weighted by molar-refractivity contribution is -0.132. The highest BCUT2D eigenvalue weighted by Gasteiger charge is 2.25. The van der Waals surface area contributed by atoms with E-state index in [1.165, 1.54) is 33.5 Å². The molecule has 0 bridgehead atoms. The van der Waals surface area contributed by atoms with Crippen LogP contribution in [0.1, 0.15) is 36.3 Å². The van der Waals surface area contributed by atoms with E-state index in [1.54, 1.807) is 24.7 Å². The standard InChI is InChI=1S/C23H26N4O2S2/c1-4-15-8-5-6-10-17(15)26-19(28)12-27(3)23(29)14(2)30-21-20-16-9-7-11-18(16)31-22(20)25-13-24-21/h5-6,8,10,13-14H,4,7,9,11-12H2,1-3H3,(H,26,28). The molecule has 3 aromatic rings. The zero-order valence-corrected chi connectivity index (χ0v) is 19.6. The number of aromatic nitrogens is 2. The maximum atomic E-state index is 13.0. The van der Waals surface area contributed by atoms with Crippen LogP contribution < -0.4 is 5.32 Å². The average Bonchev–Trinajstić information content (AvgIpc) is 3.34. The lowest BCUT2D eigenvalue weighted by Gasteiger charge is -2.21. The number of amides is 2. The molecule has 0 fully saturated rings. The van der Waals surface area contributed by atoms with Crippen molar-refractivity contribution in [2.24, 2.45) is 0 Å². The Morgan fingerprint density at radius 2 is 2.06 bits per heavy atom. The highest BCUT2D eigenvalue weighted by atomic mass is 32.2. The van der Waals surface area contributed by atoms with Crippen LogP contribution in [0, 0.1) is 0 Å². The summed E-state index contributed by atoms with van der Waals surface area (Å²) in [4.78, 5) is 38.3. The molecule has 2 heterocycles. The van der Waals surface area contributed by atoms with Crippen molar-refractivity contribution < 1.29 is 9.59 Å².